The minimum atomic E-state index is 0.621. The summed E-state index contributed by atoms with van der Waals surface area (Å²) in [5, 5.41) is 0. The monoisotopic (exact) mass is 217 g/mol. The maximum Gasteiger partial charge on any atom is 0.298 e. The van der Waals surface area contributed by atoms with Crippen LogP contribution in [0.25, 0.3) is 11.1 Å². The Bertz CT molecular complexity index is 516. The molecule has 1 aliphatic carbocycles. The minimum Gasteiger partial charge on any atom is -0.423 e. The highest BCUT2D eigenvalue weighted by atomic mass is 16.4. The first kappa shape index (κ1) is 9.51. The zero-order valence-corrected chi connectivity index (χ0v) is 9.31. The van der Waals surface area contributed by atoms with E-state index in [9.17, 15) is 0 Å². The Balaban J connectivity index is 2.03. The predicted molar refractivity (Wildman–Crippen MR) is 64.5 cm³/mol. The molecule has 4 nitrogen and oxygen atoms in total. The van der Waals surface area contributed by atoms with Gasteiger partial charge in [-0.3, -0.25) is 0 Å². The van der Waals surface area contributed by atoms with Gasteiger partial charge in [0.15, 0.2) is 5.58 Å². The summed E-state index contributed by atoms with van der Waals surface area (Å²) in [5.74, 6) is 0. The van der Waals surface area contributed by atoms with Crippen molar-refractivity contribution in [2.24, 2.45) is 0 Å². The van der Waals surface area contributed by atoms with Crippen LogP contribution in [0, 0.1) is 0 Å². The Morgan fingerprint density at radius 1 is 1.50 bits per heavy atom. The lowest BCUT2D eigenvalue weighted by Gasteiger charge is -2.16. The summed E-state index contributed by atoms with van der Waals surface area (Å²) >= 11 is 0. The molecule has 1 aromatic heterocycles. The zero-order valence-electron chi connectivity index (χ0n) is 9.31. The third kappa shape index (κ3) is 1.50. The molecule has 0 aliphatic heterocycles. The molecule has 1 fully saturated rings. The van der Waals surface area contributed by atoms with Crippen LogP contribution in [0.2, 0.25) is 0 Å². The van der Waals surface area contributed by atoms with E-state index in [0.717, 1.165) is 29.3 Å². The van der Waals surface area contributed by atoms with E-state index >= 15 is 0 Å². The second-order valence-electron chi connectivity index (χ2n) is 4.24. The summed E-state index contributed by atoms with van der Waals surface area (Å²) in [5.41, 5.74) is 8.09. The summed E-state index contributed by atoms with van der Waals surface area (Å²) in [7, 11) is 0. The molecule has 0 unspecified atom stereocenters. The summed E-state index contributed by atoms with van der Waals surface area (Å²) in [6.07, 6.45) is 2.49. The van der Waals surface area contributed by atoms with Gasteiger partial charge in [-0.2, -0.15) is 4.98 Å². The van der Waals surface area contributed by atoms with E-state index in [4.69, 9.17) is 10.2 Å². The quantitative estimate of drug-likeness (QED) is 0.802. The van der Waals surface area contributed by atoms with Crippen LogP contribution in [-0.4, -0.2) is 17.6 Å². The highest BCUT2D eigenvalue weighted by molar-refractivity contribution is 5.78. The third-order valence-electron chi connectivity index (χ3n) is 2.97. The number of nitrogens with zero attached hydrogens (tertiary/aromatic N) is 2. The molecular formula is C12H15N3O. The maximum absolute atomic E-state index is 5.74. The fourth-order valence-corrected chi connectivity index (χ4v) is 1.99. The molecule has 3 rings (SSSR count). The number of hydrogen-bond donors (Lipinski definition) is 1. The number of fused-ring (bicyclic) bond motifs is 1. The average molecular weight is 217 g/mol. The van der Waals surface area contributed by atoms with Crippen LogP contribution in [0.4, 0.5) is 11.7 Å². The molecule has 0 atom stereocenters. The molecule has 84 valence electrons. The molecule has 16 heavy (non-hydrogen) atoms. The van der Waals surface area contributed by atoms with Gasteiger partial charge in [0.2, 0.25) is 0 Å². The van der Waals surface area contributed by atoms with Crippen LogP contribution in [0.15, 0.2) is 22.6 Å². The number of hydrogen-bond acceptors (Lipinski definition) is 4. The normalized spacial score (nSPS) is 15.6. The summed E-state index contributed by atoms with van der Waals surface area (Å²) < 4.78 is 5.74. The molecule has 1 aliphatic rings. The van der Waals surface area contributed by atoms with E-state index in [1.807, 2.05) is 18.2 Å². The first-order chi connectivity index (χ1) is 7.78. The summed E-state index contributed by atoms with van der Waals surface area (Å²) in [4.78, 5) is 6.70. The molecule has 0 radical (unpaired) electrons. The largest absolute Gasteiger partial charge is 0.423 e. The number of rotatable bonds is 3. The molecule has 0 bridgehead atoms. The van der Waals surface area contributed by atoms with Gasteiger partial charge in [0.1, 0.15) is 5.52 Å². The minimum absolute atomic E-state index is 0.621. The van der Waals surface area contributed by atoms with Crippen LogP contribution in [-0.2, 0) is 0 Å². The van der Waals surface area contributed by atoms with Crippen LogP contribution in [0.1, 0.15) is 19.8 Å². The van der Waals surface area contributed by atoms with Gasteiger partial charge in [-0.15, -0.1) is 0 Å². The van der Waals surface area contributed by atoms with Crippen molar-refractivity contribution in [3.63, 3.8) is 0 Å². The van der Waals surface area contributed by atoms with Crippen molar-refractivity contribution in [3.8, 4) is 0 Å². The van der Waals surface area contributed by atoms with Gasteiger partial charge < -0.3 is 15.1 Å². The molecule has 2 aromatic rings. The van der Waals surface area contributed by atoms with Crippen molar-refractivity contribution in [2.75, 3.05) is 17.2 Å². The van der Waals surface area contributed by atoms with Gasteiger partial charge in [-0.25, -0.2) is 0 Å². The van der Waals surface area contributed by atoms with E-state index in [-0.39, 0.29) is 0 Å². The number of oxazole rings is 1. The van der Waals surface area contributed by atoms with Crippen molar-refractivity contribution in [3.05, 3.63) is 18.2 Å². The van der Waals surface area contributed by atoms with E-state index in [2.05, 4.69) is 16.8 Å². The van der Waals surface area contributed by atoms with Crippen LogP contribution in [0.5, 0.6) is 0 Å². The Kier molecular flexibility index (Phi) is 2.02. The second-order valence-corrected chi connectivity index (χ2v) is 4.24. The lowest BCUT2D eigenvalue weighted by molar-refractivity contribution is 0.569. The first-order valence-electron chi connectivity index (χ1n) is 5.70. The molecule has 2 N–H and O–H groups in total. The highest BCUT2D eigenvalue weighted by Crippen LogP contribution is 2.32. The van der Waals surface area contributed by atoms with E-state index < -0.39 is 0 Å². The first-order valence-corrected chi connectivity index (χ1v) is 5.70. The molecule has 0 saturated heterocycles. The molecule has 1 heterocycles. The average Bonchev–Trinajstić information content (AvgIpc) is 2.99. The van der Waals surface area contributed by atoms with Crippen molar-refractivity contribution in [2.45, 2.75) is 25.8 Å². The number of nitrogens with two attached hydrogens (primary N) is 1. The van der Waals surface area contributed by atoms with Crippen LogP contribution < -0.4 is 10.6 Å². The Hall–Kier alpha value is -1.71. The third-order valence-corrected chi connectivity index (χ3v) is 2.97. The van der Waals surface area contributed by atoms with Gasteiger partial charge in [0, 0.05) is 18.3 Å². The number of benzene rings is 1. The topological polar surface area (TPSA) is 55.3 Å². The fourth-order valence-electron chi connectivity index (χ4n) is 1.99. The van der Waals surface area contributed by atoms with Crippen LogP contribution >= 0.6 is 0 Å². The van der Waals surface area contributed by atoms with Gasteiger partial charge >= 0.3 is 0 Å². The molecule has 0 spiro atoms. The summed E-state index contributed by atoms with van der Waals surface area (Å²) in [6.45, 7) is 3.06. The second kappa shape index (κ2) is 3.40. The highest BCUT2D eigenvalue weighted by Gasteiger charge is 2.30. The molecule has 0 amide bonds. The lowest BCUT2D eigenvalue weighted by Crippen LogP contribution is -2.25. The molecule has 1 aromatic carbocycles. The van der Waals surface area contributed by atoms with Gasteiger partial charge in [-0.05, 0) is 38.0 Å². The molecular weight excluding hydrogens is 202 g/mol. The van der Waals surface area contributed by atoms with Gasteiger partial charge in [-0.1, -0.05) is 0 Å². The van der Waals surface area contributed by atoms with E-state index in [0.29, 0.717) is 6.04 Å². The zero-order chi connectivity index (χ0) is 11.1. The van der Waals surface area contributed by atoms with Crippen molar-refractivity contribution >= 4 is 22.8 Å². The Morgan fingerprint density at radius 2 is 2.31 bits per heavy atom. The van der Waals surface area contributed by atoms with Gasteiger partial charge in [0.25, 0.3) is 6.01 Å². The van der Waals surface area contributed by atoms with Gasteiger partial charge in [0.05, 0.1) is 0 Å². The predicted octanol–water partition coefficient (Wildman–Crippen LogP) is 2.40. The number of nitrogen functional groups attached to an aromatic ring is 1. The lowest BCUT2D eigenvalue weighted by atomic mass is 10.3. The SMILES string of the molecule is CCN(c1nc2cc(N)ccc2o1)C1CC1. The molecule has 1 saturated carbocycles. The van der Waals surface area contributed by atoms with E-state index in [1.165, 1.54) is 12.8 Å². The Labute approximate surface area is 94.0 Å². The Morgan fingerprint density at radius 3 is 3.00 bits per heavy atom. The van der Waals surface area contributed by atoms with Crippen molar-refractivity contribution in [1.29, 1.82) is 0 Å². The number of anilines is 2. The summed E-state index contributed by atoms with van der Waals surface area (Å²) in [6, 6.07) is 6.91. The van der Waals surface area contributed by atoms with Crippen molar-refractivity contribution in [1.82, 2.24) is 4.98 Å². The molecule has 4 heteroatoms. The maximum atomic E-state index is 5.74. The number of aromatic nitrogens is 1. The van der Waals surface area contributed by atoms with E-state index in [1.54, 1.807) is 0 Å². The smallest absolute Gasteiger partial charge is 0.298 e. The van der Waals surface area contributed by atoms with Crippen molar-refractivity contribution < 1.29 is 4.42 Å². The fraction of sp³-hybridized carbons (Fsp3) is 0.417. The standard InChI is InChI=1S/C12H15N3O/c1-2-15(9-4-5-9)12-14-10-7-8(13)3-6-11(10)16-12/h3,6-7,9H,2,4-5,13H2,1H3. The van der Waals surface area contributed by atoms with Crippen LogP contribution in [0.3, 0.4) is 0 Å².